The molecular weight excluding hydrogens is 396 g/mol. The minimum Gasteiger partial charge on any atom is -0.427 e. The molecule has 0 saturated carbocycles. The zero-order valence-corrected chi connectivity index (χ0v) is 16.4. The van der Waals surface area contributed by atoms with Gasteiger partial charge in [-0.15, -0.1) is 0 Å². The summed E-state index contributed by atoms with van der Waals surface area (Å²) in [6.07, 6.45) is 0. The Labute approximate surface area is 159 Å². The average Bonchev–Trinajstić information content (AvgIpc) is 2.59. The first-order valence-electron chi connectivity index (χ1n) is 8.30. The van der Waals surface area contributed by atoms with Crippen LogP contribution in [-0.2, 0) is 10.1 Å². The van der Waals surface area contributed by atoms with Gasteiger partial charge in [0.1, 0.15) is 5.75 Å². The van der Waals surface area contributed by atoms with Gasteiger partial charge in [-0.25, -0.2) is 4.79 Å². The number of halogens is 1. The van der Waals surface area contributed by atoms with Crippen LogP contribution in [0.15, 0.2) is 47.3 Å². The molecule has 0 amide bonds. The summed E-state index contributed by atoms with van der Waals surface area (Å²) in [6, 6.07) is 13.0. The van der Waals surface area contributed by atoms with Gasteiger partial charge in [-0.2, -0.15) is 4.98 Å². The van der Waals surface area contributed by atoms with Crippen molar-refractivity contribution in [1.82, 2.24) is 9.55 Å². The molecule has 0 fully saturated rings. The minimum atomic E-state index is -0.392. The van der Waals surface area contributed by atoms with E-state index in [0.29, 0.717) is 16.8 Å². The van der Waals surface area contributed by atoms with E-state index in [1.165, 1.54) is 6.92 Å². The number of aromatic nitrogens is 2. The minimum absolute atomic E-state index is 0.00972. The normalized spacial score (nSPS) is 11.1. The molecule has 134 valence electrons. The second-order valence-electron chi connectivity index (χ2n) is 6.31. The van der Waals surface area contributed by atoms with E-state index in [0.717, 1.165) is 22.0 Å². The Morgan fingerprint density at radius 3 is 2.65 bits per heavy atom. The maximum absolute atomic E-state index is 12.7. The number of hydrogen-bond donors (Lipinski definition) is 0. The summed E-state index contributed by atoms with van der Waals surface area (Å²) in [5, 5.41) is 1.58. The van der Waals surface area contributed by atoms with Gasteiger partial charge in [0.05, 0.1) is 11.2 Å². The number of carbonyl (C=O) groups excluding carboxylic acids is 1. The Morgan fingerprint density at radius 1 is 1.23 bits per heavy atom. The van der Waals surface area contributed by atoms with Crippen LogP contribution in [0.1, 0.15) is 32.4 Å². The van der Waals surface area contributed by atoms with Crippen molar-refractivity contribution in [2.45, 2.75) is 32.1 Å². The second-order valence-corrected chi connectivity index (χ2v) is 6.87. The summed E-state index contributed by atoms with van der Waals surface area (Å²) in [5.41, 5.74) is 2.93. The predicted octanol–water partition coefficient (Wildman–Crippen LogP) is 4.46. The third kappa shape index (κ3) is 3.55. The van der Waals surface area contributed by atoms with Gasteiger partial charge in [0.15, 0.2) is 0 Å². The Balaban J connectivity index is 2.29. The molecule has 3 aromatic rings. The smallest absolute Gasteiger partial charge is 0.348 e. The third-order valence-corrected chi connectivity index (χ3v) is 4.68. The van der Waals surface area contributed by atoms with Crippen molar-refractivity contribution in [3.63, 3.8) is 0 Å². The Morgan fingerprint density at radius 2 is 2.00 bits per heavy atom. The van der Waals surface area contributed by atoms with Gasteiger partial charge < -0.3 is 4.74 Å². The van der Waals surface area contributed by atoms with E-state index in [4.69, 9.17) is 4.74 Å². The molecule has 0 aliphatic carbocycles. The summed E-state index contributed by atoms with van der Waals surface area (Å²) in [7, 11) is 0. The molecule has 0 aliphatic rings. The van der Waals surface area contributed by atoms with E-state index >= 15 is 0 Å². The van der Waals surface area contributed by atoms with Gasteiger partial charge in [0.25, 0.3) is 0 Å². The molecule has 0 N–H and O–H groups in total. The summed E-state index contributed by atoms with van der Waals surface area (Å²) in [5.74, 6) is 0.0345. The summed E-state index contributed by atoms with van der Waals surface area (Å²) in [6.45, 7) is 5.28. The van der Waals surface area contributed by atoms with Gasteiger partial charge in [-0.1, -0.05) is 40.2 Å². The Kier molecular flexibility index (Phi) is 5.23. The van der Waals surface area contributed by atoms with Crippen LogP contribution in [0, 0.1) is 0 Å². The molecule has 26 heavy (non-hydrogen) atoms. The van der Waals surface area contributed by atoms with E-state index in [1.54, 1.807) is 22.8 Å². The highest BCUT2D eigenvalue weighted by molar-refractivity contribution is 9.08. The largest absolute Gasteiger partial charge is 0.427 e. The molecule has 2 aromatic carbocycles. The van der Waals surface area contributed by atoms with Crippen molar-refractivity contribution in [2.75, 3.05) is 0 Å². The maximum Gasteiger partial charge on any atom is 0.348 e. The van der Waals surface area contributed by atoms with Crippen LogP contribution in [-0.4, -0.2) is 15.5 Å². The van der Waals surface area contributed by atoms with Crippen molar-refractivity contribution >= 4 is 32.8 Å². The van der Waals surface area contributed by atoms with Crippen molar-refractivity contribution in [2.24, 2.45) is 0 Å². The first kappa shape index (κ1) is 18.3. The topological polar surface area (TPSA) is 61.2 Å². The van der Waals surface area contributed by atoms with Crippen LogP contribution < -0.4 is 10.4 Å². The lowest BCUT2D eigenvalue weighted by Gasteiger charge is -2.16. The molecular formula is C20H19BrN2O3. The first-order valence-corrected chi connectivity index (χ1v) is 9.43. The lowest BCUT2D eigenvalue weighted by atomic mass is 10.0. The van der Waals surface area contributed by atoms with Crippen molar-refractivity contribution in [1.29, 1.82) is 0 Å². The van der Waals surface area contributed by atoms with Gasteiger partial charge in [0.2, 0.25) is 0 Å². The Hall–Kier alpha value is -2.47. The fourth-order valence-electron chi connectivity index (χ4n) is 2.96. The molecule has 1 heterocycles. The molecule has 0 aliphatic heterocycles. The summed E-state index contributed by atoms with van der Waals surface area (Å²) in [4.78, 5) is 28.2. The van der Waals surface area contributed by atoms with E-state index in [-0.39, 0.29) is 11.7 Å². The number of fused-ring (bicyclic) bond motifs is 1. The molecule has 0 bridgehead atoms. The maximum atomic E-state index is 12.7. The molecule has 1 aromatic heterocycles. The molecule has 0 spiro atoms. The van der Waals surface area contributed by atoms with Crippen LogP contribution in [0.2, 0.25) is 0 Å². The summed E-state index contributed by atoms with van der Waals surface area (Å²) >= 11 is 3.47. The molecule has 0 radical (unpaired) electrons. The lowest BCUT2D eigenvalue weighted by Crippen LogP contribution is -2.25. The van der Waals surface area contributed by atoms with Gasteiger partial charge in [-0.05, 0) is 37.6 Å². The number of ether oxygens (including phenoxy) is 1. The number of rotatable bonds is 4. The zero-order chi connectivity index (χ0) is 18.8. The van der Waals surface area contributed by atoms with Crippen molar-refractivity contribution in [3.8, 4) is 17.0 Å². The van der Waals surface area contributed by atoms with E-state index < -0.39 is 5.97 Å². The van der Waals surface area contributed by atoms with E-state index in [9.17, 15) is 9.59 Å². The van der Waals surface area contributed by atoms with Gasteiger partial charge in [-0.3, -0.25) is 9.36 Å². The standard InChI is InChI=1S/C20H19BrN2O3/c1-12(2)23-18-9-14(11-21)7-8-17(18)19(22-20(23)25)15-5-4-6-16(10-15)26-13(3)24/h4-10,12H,11H2,1-3H3. The fourth-order valence-corrected chi connectivity index (χ4v) is 3.31. The van der Waals surface area contributed by atoms with Crippen LogP contribution in [0.4, 0.5) is 0 Å². The number of esters is 1. The van der Waals surface area contributed by atoms with Gasteiger partial charge in [0, 0.05) is 29.2 Å². The number of hydrogen-bond acceptors (Lipinski definition) is 4. The van der Waals surface area contributed by atoms with Crippen molar-refractivity contribution in [3.05, 3.63) is 58.5 Å². The first-order chi connectivity index (χ1) is 12.4. The highest BCUT2D eigenvalue weighted by Crippen LogP contribution is 2.30. The van der Waals surface area contributed by atoms with Crippen molar-refractivity contribution < 1.29 is 9.53 Å². The van der Waals surface area contributed by atoms with Gasteiger partial charge >= 0.3 is 11.7 Å². The zero-order valence-electron chi connectivity index (χ0n) is 14.8. The van der Waals surface area contributed by atoms with E-state index in [2.05, 4.69) is 20.9 Å². The predicted molar refractivity (Wildman–Crippen MR) is 106 cm³/mol. The molecule has 6 heteroatoms. The van der Waals surface area contributed by atoms with Crippen LogP contribution in [0.3, 0.4) is 0 Å². The number of alkyl halides is 1. The van der Waals surface area contributed by atoms with Crippen LogP contribution in [0.5, 0.6) is 5.75 Å². The SMILES string of the molecule is CC(=O)Oc1cccc(-c2nc(=O)n(C(C)C)c3cc(CBr)ccc23)c1. The molecule has 3 rings (SSSR count). The van der Waals surface area contributed by atoms with E-state index in [1.807, 2.05) is 38.1 Å². The monoisotopic (exact) mass is 414 g/mol. The second kappa shape index (κ2) is 7.41. The molecule has 0 unspecified atom stereocenters. The molecule has 5 nitrogen and oxygen atoms in total. The number of carbonyl (C=O) groups is 1. The molecule has 0 atom stereocenters. The lowest BCUT2D eigenvalue weighted by molar-refractivity contribution is -0.131. The third-order valence-electron chi connectivity index (χ3n) is 4.03. The number of benzene rings is 2. The highest BCUT2D eigenvalue weighted by Gasteiger charge is 2.15. The summed E-state index contributed by atoms with van der Waals surface area (Å²) < 4.78 is 6.86. The highest BCUT2D eigenvalue weighted by atomic mass is 79.9. The molecule has 0 saturated heterocycles. The Bertz CT molecular complexity index is 1040. The van der Waals surface area contributed by atoms with Crippen LogP contribution >= 0.6 is 15.9 Å². The quantitative estimate of drug-likeness (QED) is 0.359. The average molecular weight is 415 g/mol. The van der Waals surface area contributed by atoms with Crippen LogP contribution in [0.25, 0.3) is 22.2 Å². The number of nitrogens with zero attached hydrogens (tertiary/aromatic N) is 2. The fraction of sp³-hybridized carbons (Fsp3) is 0.250.